The van der Waals surface area contributed by atoms with Crippen molar-refractivity contribution in [1.82, 2.24) is 4.57 Å². The molecule has 2 aromatic rings. The lowest BCUT2D eigenvalue weighted by Crippen LogP contribution is -2.03. The van der Waals surface area contributed by atoms with Crippen LogP contribution >= 0.6 is 11.8 Å². The van der Waals surface area contributed by atoms with Gasteiger partial charge < -0.3 is 10.3 Å². The Balaban J connectivity index is 2.58. The summed E-state index contributed by atoms with van der Waals surface area (Å²) in [7, 11) is 0. The molecule has 0 amide bonds. The molecule has 0 aliphatic carbocycles. The van der Waals surface area contributed by atoms with E-state index in [4.69, 9.17) is 11.1 Å². The van der Waals surface area contributed by atoms with E-state index in [9.17, 15) is 0 Å². The molecule has 1 unspecified atom stereocenters. The van der Waals surface area contributed by atoms with Crippen LogP contribution < -0.4 is 5.73 Å². The van der Waals surface area contributed by atoms with Gasteiger partial charge in [-0.2, -0.15) is 0 Å². The Bertz CT molecular complexity index is 545. The monoisotopic (exact) mass is 247 g/mol. The predicted octanol–water partition coefficient (Wildman–Crippen LogP) is 3.60. The molecule has 17 heavy (non-hydrogen) atoms. The molecule has 3 nitrogen and oxygen atoms in total. The second-order valence-electron chi connectivity index (χ2n) is 4.14. The summed E-state index contributed by atoms with van der Waals surface area (Å²) in [6, 6.07) is 8.73. The van der Waals surface area contributed by atoms with Crippen LogP contribution in [0.25, 0.3) is 10.9 Å². The molecule has 90 valence electrons. The molecule has 0 saturated heterocycles. The number of aromatic nitrogens is 1. The van der Waals surface area contributed by atoms with Crippen LogP contribution in [0.5, 0.6) is 0 Å². The minimum atomic E-state index is 0.136. The molecule has 0 saturated carbocycles. The highest BCUT2D eigenvalue weighted by molar-refractivity contribution is 8.13. The van der Waals surface area contributed by atoms with Crippen LogP contribution in [-0.2, 0) is 0 Å². The Morgan fingerprint density at radius 2 is 2.18 bits per heavy atom. The van der Waals surface area contributed by atoms with Gasteiger partial charge in [0.05, 0.1) is 0 Å². The van der Waals surface area contributed by atoms with Crippen molar-refractivity contribution in [2.24, 2.45) is 5.73 Å². The second-order valence-corrected chi connectivity index (χ2v) is 5.23. The highest BCUT2D eigenvalue weighted by Crippen LogP contribution is 2.32. The van der Waals surface area contributed by atoms with Gasteiger partial charge in [-0.25, -0.2) is 0 Å². The van der Waals surface area contributed by atoms with E-state index in [1.54, 1.807) is 0 Å². The summed E-state index contributed by atoms with van der Waals surface area (Å²) in [5.41, 5.74) is 6.68. The van der Waals surface area contributed by atoms with E-state index in [1.807, 2.05) is 12.1 Å². The zero-order chi connectivity index (χ0) is 12.4. The molecule has 0 fully saturated rings. The van der Waals surface area contributed by atoms with Crippen molar-refractivity contribution in [3.8, 4) is 0 Å². The fourth-order valence-corrected chi connectivity index (χ4v) is 2.62. The van der Waals surface area contributed by atoms with Gasteiger partial charge in [-0.3, -0.25) is 5.41 Å². The number of nitrogens with two attached hydrogens (primary N) is 1. The van der Waals surface area contributed by atoms with Gasteiger partial charge in [0.1, 0.15) is 0 Å². The first-order chi connectivity index (χ1) is 8.13. The van der Waals surface area contributed by atoms with E-state index in [0.717, 1.165) is 11.3 Å². The molecule has 2 rings (SSSR count). The maximum atomic E-state index is 7.40. The van der Waals surface area contributed by atoms with Crippen LogP contribution in [-0.4, -0.2) is 9.73 Å². The van der Waals surface area contributed by atoms with Gasteiger partial charge >= 0.3 is 0 Å². The standard InChI is InChI=1S/C13H17N3S/c1-3-9(2)16-8-12(17-13(14)15)10-6-4-5-7-11(10)16/h4-9H,3H2,1-2H3,(H3,14,15). The predicted molar refractivity (Wildman–Crippen MR) is 74.7 cm³/mol. The number of benzene rings is 1. The van der Waals surface area contributed by atoms with Gasteiger partial charge in [0.2, 0.25) is 0 Å². The molecule has 0 radical (unpaired) electrons. The SMILES string of the molecule is CCC(C)n1cc(SC(=N)N)c2ccccc21. The summed E-state index contributed by atoms with van der Waals surface area (Å²) >= 11 is 1.32. The first-order valence-electron chi connectivity index (χ1n) is 5.75. The highest BCUT2D eigenvalue weighted by atomic mass is 32.2. The Morgan fingerprint density at radius 1 is 1.47 bits per heavy atom. The number of nitrogens with one attached hydrogen (secondary N) is 1. The molecule has 0 spiro atoms. The lowest BCUT2D eigenvalue weighted by atomic mass is 10.2. The van der Waals surface area contributed by atoms with Crippen molar-refractivity contribution < 1.29 is 0 Å². The van der Waals surface area contributed by atoms with E-state index in [1.165, 1.54) is 22.7 Å². The fourth-order valence-electron chi connectivity index (χ4n) is 1.93. The molecule has 0 bridgehead atoms. The third kappa shape index (κ3) is 2.31. The third-order valence-electron chi connectivity index (χ3n) is 2.99. The first kappa shape index (κ1) is 12.0. The van der Waals surface area contributed by atoms with Crippen molar-refractivity contribution in [1.29, 1.82) is 5.41 Å². The van der Waals surface area contributed by atoms with Crippen LogP contribution in [0.3, 0.4) is 0 Å². The molecular formula is C13H17N3S. The molecule has 1 atom stereocenters. The van der Waals surface area contributed by atoms with Crippen LogP contribution in [0.15, 0.2) is 35.4 Å². The summed E-state index contributed by atoms with van der Waals surface area (Å²) in [6.07, 6.45) is 3.19. The van der Waals surface area contributed by atoms with E-state index >= 15 is 0 Å². The van der Waals surface area contributed by atoms with Crippen molar-refractivity contribution in [3.63, 3.8) is 0 Å². The van der Waals surface area contributed by atoms with Crippen LogP contribution in [0.2, 0.25) is 0 Å². The average molecular weight is 247 g/mol. The summed E-state index contributed by atoms with van der Waals surface area (Å²) in [6.45, 7) is 4.38. The van der Waals surface area contributed by atoms with Gasteiger partial charge in [0.25, 0.3) is 0 Å². The lowest BCUT2D eigenvalue weighted by molar-refractivity contribution is 0.546. The largest absolute Gasteiger partial charge is 0.378 e. The topological polar surface area (TPSA) is 54.8 Å². The Labute approximate surface area is 106 Å². The zero-order valence-electron chi connectivity index (χ0n) is 10.1. The van der Waals surface area contributed by atoms with Gasteiger partial charge in [0, 0.05) is 28.0 Å². The Kier molecular flexibility index (Phi) is 3.43. The van der Waals surface area contributed by atoms with Crippen LogP contribution in [0, 0.1) is 5.41 Å². The maximum Gasteiger partial charge on any atom is 0.156 e. The summed E-state index contributed by atoms with van der Waals surface area (Å²) in [4.78, 5) is 1.06. The van der Waals surface area contributed by atoms with Gasteiger partial charge in [-0.05, 0) is 19.4 Å². The number of rotatable bonds is 3. The highest BCUT2D eigenvalue weighted by Gasteiger charge is 2.12. The molecule has 1 aromatic heterocycles. The first-order valence-corrected chi connectivity index (χ1v) is 6.56. The van der Waals surface area contributed by atoms with E-state index < -0.39 is 0 Å². The van der Waals surface area contributed by atoms with Gasteiger partial charge in [-0.15, -0.1) is 0 Å². The normalized spacial score (nSPS) is 12.8. The molecule has 0 aliphatic heterocycles. The number of amidine groups is 1. The summed E-state index contributed by atoms with van der Waals surface area (Å²) in [5.74, 6) is 0. The number of hydrogen-bond donors (Lipinski definition) is 2. The maximum absolute atomic E-state index is 7.40. The fraction of sp³-hybridized carbons (Fsp3) is 0.308. The van der Waals surface area contributed by atoms with Crippen molar-refractivity contribution in [2.75, 3.05) is 0 Å². The van der Waals surface area contributed by atoms with Crippen molar-refractivity contribution >= 4 is 27.8 Å². The number of thioether (sulfide) groups is 1. The number of hydrogen-bond acceptors (Lipinski definition) is 2. The minimum Gasteiger partial charge on any atom is -0.378 e. The summed E-state index contributed by atoms with van der Waals surface area (Å²) in [5, 5.41) is 8.71. The molecule has 1 heterocycles. The number of nitrogens with zero attached hydrogens (tertiary/aromatic N) is 1. The Hall–Kier alpha value is -1.42. The molecular weight excluding hydrogens is 230 g/mol. The van der Waals surface area contributed by atoms with Crippen LogP contribution in [0.1, 0.15) is 26.3 Å². The smallest absolute Gasteiger partial charge is 0.156 e. The quantitative estimate of drug-likeness (QED) is 0.494. The molecule has 0 aliphatic rings. The summed E-state index contributed by atoms with van der Waals surface area (Å²) < 4.78 is 2.26. The van der Waals surface area contributed by atoms with Crippen molar-refractivity contribution in [3.05, 3.63) is 30.5 Å². The number of fused-ring (bicyclic) bond motifs is 1. The second kappa shape index (κ2) is 4.84. The van der Waals surface area contributed by atoms with Gasteiger partial charge in [0.15, 0.2) is 5.17 Å². The Morgan fingerprint density at radius 3 is 2.82 bits per heavy atom. The third-order valence-corrected chi connectivity index (χ3v) is 3.75. The zero-order valence-corrected chi connectivity index (χ0v) is 10.9. The van der Waals surface area contributed by atoms with Crippen LogP contribution in [0.4, 0.5) is 0 Å². The van der Waals surface area contributed by atoms with E-state index in [2.05, 4.69) is 36.7 Å². The average Bonchev–Trinajstić information content (AvgIpc) is 2.67. The van der Waals surface area contributed by atoms with Crippen molar-refractivity contribution in [2.45, 2.75) is 31.2 Å². The number of para-hydroxylation sites is 1. The lowest BCUT2D eigenvalue weighted by Gasteiger charge is -2.12. The van der Waals surface area contributed by atoms with Gasteiger partial charge in [-0.1, -0.05) is 36.9 Å². The molecule has 4 heteroatoms. The molecule has 1 aromatic carbocycles. The minimum absolute atomic E-state index is 0.136. The van der Waals surface area contributed by atoms with E-state index in [-0.39, 0.29) is 5.17 Å². The van der Waals surface area contributed by atoms with E-state index in [0.29, 0.717) is 6.04 Å². The molecule has 3 N–H and O–H groups in total.